The third-order valence-electron chi connectivity index (χ3n) is 4.71. The van der Waals surface area contributed by atoms with Crippen LogP contribution in [0.4, 0.5) is 4.39 Å². The second kappa shape index (κ2) is 8.88. The fraction of sp³-hybridized carbons (Fsp3) is 0.190. The van der Waals surface area contributed by atoms with Crippen LogP contribution in [0.15, 0.2) is 54.9 Å². The third kappa shape index (κ3) is 4.28. The lowest BCUT2D eigenvalue weighted by atomic mass is 9.88. The first-order chi connectivity index (χ1) is 13.4. The van der Waals surface area contributed by atoms with Crippen LogP contribution in [0, 0.1) is 5.82 Å². The summed E-state index contributed by atoms with van der Waals surface area (Å²) < 4.78 is 19.0. The Bertz CT molecular complexity index is 984. The first-order valence-electron chi connectivity index (χ1n) is 8.58. The average Bonchev–Trinajstić information content (AvgIpc) is 2.70. The predicted octanol–water partition coefficient (Wildman–Crippen LogP) is 6.03. The van der Waals surface area contributed by atoms with Gasteiger partial charge in [-0.2, -0.15) is 5.48 Å². The second-order valence-corrected chi connectivity index (χ2v) is 7.23. The lowest BCUT2D eigenvalue weighted by Gasteiger charge is -2.24. The van der Waals surface area contributed by atoms with E-state index in [-0.39, 0.29) is 5.92 Å². The third-order valence-corrected chi connectivity index (χ3v) is 5.45. The van der Waals surface area contributed by atoms with Gasteiger partial charge >= 0.3 is 0 Å². The highest BCUT2D eigenvalue weighted by atomic mass is 35.5. The van der Waals surface area contributed by atoms with E-state index >= 15 is 0 Å². The second-order valence-electron chi connectivity index (χ2n) is 6.42. The first kappa shape index (κ1) is 20.6. The van der Waals surface area contributed by atoms with Crippen molar-refractivity contribution in [1.29, 1.82) is 0 Å². The Morgan fingerprint density at radius 2 is 1.79 bits per heavy atom. The van der Waals surface area contributed by atoms with Crippen molar-refractivity contribution in [2.24, 2.45) is 0 Å². The van der Waals surface area contributed by atoms with Gasteiger partial charge in [-0.3, -0.25) is 4.98 Å². The average molecular weight is 421 g/mol. The summed E-state index contributed by atoms with van der Waals surface area (Å²) in [6.07, 6.45) is 2.74. The van der Waals surface area contributed by atoms with E-state index in [0.717, 1.165) is 22.9 Å². The molecule has 0 saturated carbocycles. The molecule has 4 nitrogen and oxygen atoms in total. The summed E-state index contributed by atoms with van der Waals surface area (Å²) >= 11 is 12.1. The Hall–Kier alpha value is -2.18. The molecule has 2 atom stereocenters. The number of halogens is 3. The van der Waals surface area contributed by atoms with Crippen LogP contribution in [0.3, 0.4) is 0 Å². The first-order valence-corrected chi connectivity index (χ1v) is 9.33. The lowest BCUT2D eigenvalue weighted by Crippen LogP contribution is -2.23. The zero-order chi connectivity index (χ0) is 20.3. The maximum absolute atomic E-state index is 13.5. The van der Waals surface area contributed by atoms with Gasteiger partial charge in [0.2, 0.25) is 0 Å². The molecule has 28 heavy (non-hydrogen) atoms. The maximum atomic E-state index is 13.5. The van der Waals surface area contributed by atoms with Crippen LogP contribution in [-0.4, -0.2) is 17.3 Å². The van der Waals surface area contributed by atoms with Gasteiger partial charge in [-0.15, -0.1) is 0 Å². The predicted molar refractivity (Wildman–Crippen MR) is 109 cm³/mol. The maximum Gasteiger partial charge on any atom is 0.142 e. The van der Waals surface area contributed by atoms with Crippen LogP contribution in [-0.2, 0) is 0 Å². The van der Waals surface area contributed by atoms with Gasteiger partial charge in [0.05, 0.1) is 29.4 Å². The molecule has 0 unspecified atom stereocenters. The molecule has 1 aromatic heterocycles. The lowest BCUT2D eigenvalue weighted by molar-refractivity contribution is 0.115. The zero-order valence-electron chi connectivity index (χ0n) is 15.3. The summed E-state index contributed by atoms with van der Waals surface area (Å²) in [6.45, 7) is 1.97. The summed E-state index contributed by atoms with van der Waals surface area (Å²) in [5.74, 6) is 0.0413. The molecule has 0 amide bonds. The summed E-state index contributed by atoms with van der Waals surface area (Å²) in [6, 6.07) is 11.8. The molecule has 146 valence electrons. The summed E-state index contributed by atoms with van der Waals surface area (Å²) in [5, 5.41) is 10.6. The smallest absolute Gasteiger partial charge is 0.142 e. The Labute approximate surface area is 172 Å². The van der Waals surface area contributed by atoms with E-state index in [1.807, 2.05) is 31.2 Å². The van der Waals surface area contributed by atoms with Crippen molar-refractivity contribution in [1.82, 2.24) is 10.5 Å². The molecular weight excluding hydrogens is 402 g/mol. The molecule has 0 aliphatic rings. The molecule has 0 radical (unpaired) electrons. The van der Waals surface area contributed by atoms with E-state index in [4.69, 9.17) is 27.9 Å². The van der Waals surface area contributed by atoms with Crippen molar-refractivity contribution in [2.45, 2.75) is 18.9 Å². The number of hydrogen-bond acceptors (Lipinski definition) is 4. The van der Waals surface area contributed by atoms with Gasteiger partial charge in [0.15, 0.2) is 0 Å². The van der Waals surface area contributed by atoms with Crippen LogP contribution in [0.1, 0.15) is 30.0 Å². The highest BCUT2D eigenvalue weighted by molar-refractivity contribution is 6.42. The highest BCUT2D eigenvalue weighted by Gasteiger charge is 2.22. The van der Waals surface area contributed by atoms with Crippen LogP contribution in [0.25, 0.3) is 11.1 Å². The van der Waals surface area contributed by atoms with Crippen LogP contribution in [0.2, 0.25) is 10.0 Å². The molecule has 0 aliphatic carbocycles. The van der Waals surface area contributed by atoms with E-state index < -0.39 is 11.9 Å². The summed E-state index contributed by atoms with van der Waals surface area (Å²) in [5.41, 5.74) is 5.42. The fourth-order valence-corrected chi connectivity index (χ4v) is 3.47. The van der Waals surface area contributed by atoms with Gasteiger partial charge in [-0.25, -0.2) is 4.39 Å². The molecule has 2 N–H and O–H groups in total. The normalized spacial score (nSPS) is 13.2. The van der Waals surface area contributed by atoms with Crippen molar-refractivity contribution in [2.75, 3.05) is 7.11 Å². The van der Waals surface area contributed by atoms with E-state index in [1.165, 1.54) is 6.07 Å². The molecule has 2 aromatic carbocycles. The molecule has 0 bridgehead atoms. The SMILES string of the molecule is COc1cc([C@@H](C)[C@@H](NO)c2ccc(Cl)c(Cl)c2)ccc1-c1cncc(F)c1. The highest BCUT2D eigenvalue weighted by Crippen LogP contribution is 2.37. The minimum atomic E-state index is -0.416. The monoisotopic (exact) mass is 420 g/mol. The van der Waals surface area contributed by atoms with Crippen molar-refractivity contribution in [3.8, 4) is 16.9 Å². The molecular formula is C21H19Cl2FN2O2. The van der Waals surface area contributed by atoms with E-state index in [9.17, 15) is 9.60 Å². The molecule has 0 aliphatic heterocycles. The number of benzene rings is 2. The number of aromatic nitrogens is 1. The Kier molecular flexibility index (Phi) is 6.52. The molecule has 3 rings (SSSR count). The van der Waals surface area contributed by atoms with Gasteiger partial charge in [0.1, 0.15) is 11.6 Å². The minimum absolute atomic E-state index is 0.129. The van der Waals surface area contributed by atoms with Crippen molar-refractivity contribution >= 4 is 23.2 Å². The van der Waals surface area contributed by atoms with Gasteiger partial charge < -0.3 is 9.94 Å². The Morgan fingerprint density at radius 3 is 2.43 bits per heavy atom. The number of methoxy groups -OCH3 is 1. The van der Waals surface area contributed by atoms with Gasteiger partial charge in [0, 0.05) is 23.2 Å². The topological polar surface area (TPSA) is 54.4 Å². The number of rotatable bonds is 6. The molecule has 0 saturated heterocycles. The minimum Gasteiger partial charge on any atom is -0.496 e. The fourth-order valence-electron chi connectivity index (χ4n) is 3.16. The summed E-state index contributed by atoms with van der Waals surface area (Å²) in [7, 11) is 1.56. The van der Waals surface area contributed by atoms with E-state index in [1.54, 1.807) is 25.4 Å². The van der Waals surface area contributed by atoms with Gasteiger partial charge in [-0.05, 0) is 35.4 Å². The largest absolute Gasteiger partial charge is 0.496 e. The van der Waals surface area contributed by atoms with Crippen LogP contribution >= 0.6 is 23.2 Å². The van der Waals surface area contributed by atoms with Gasteiger partial charge in [-0.1, -0.05) is 48.3 Å². The molecule has 0 spiro atoms. The van der Waals surface area contributed by atoms with Crippen molar-refractivity contribution < 1.29 is 14.3 Å². The molecule has 3 aromatic rings. The van der Waals surface area contributed by atoms with Crippen molar-refractivity contribution in [3.63, 3.8) is 0 Å². The Morgan fingerprint density at radius 1 is 1.04 bits per heavy atom. The number of pyridine rings is 1. The molecule has 1 heterocycles. The van der Waals surface area contributed by atoms with Crippen molar-refractivity contribution in [3.05, 3.63) is 81.8 Å². The number of hydroxylamine groups is 1. The number of hydrogen-bond donors (Lipinski definition) is 2. The quantitative estimate of drug-likeness (QED) is 0.478. The van der Waals surface area contributed by atoms with E-state index in [2.05, 4.69) is 10.5 Å². The van der Waals surface area contributed by atoms with E-state index in [0.29, 0.717) is 21.4 Å². The van der Waals surface area contributed by atoms with Crippen LogP contribution in [0.5, 0.6) is 5.75 Å². The molecule has 0 fully saturated rings. The van der Waals surface area contributed by atoms with Crippen LogP contribution < -0.4 is 10.2 Å². The Balaban J connectivity index is 1.96. The number of nitrogens with one attached hydrogen (secondary N) is 1. The number of nitrogens with zero attached hydrogens (tertiary/aromatic N) is 1. The summed E-state index contributed by atoms with van der Waals surface area (Å²) in [4.78, 5) is 3.89. The zero-order valence-corrected chi connectivity index (χ0v) is 16.8. The number of ether oxygens (including phenoxy) is 1. The molecule has 7 heteroatoms. The standard InChI is InChI=1S/C21H19Cl2FN2O2/c1-12(21(26-27)14-4-6-18(22)19(23)8-14)13-3-5-17(20(9-13)28-2)15-7-16(24)11-25-10-15/h3-12,21,26-27H,1-2H3/t12-,21-/m1/s1. The van der Waals surface area contributed by atoms with Gasteiger partial charge in [0.25, 0.3) is 0 Å².